The molecule has 146 valence electrons. The molecule has 0 radical (unpaired) electrons. The van der Waals surface area contributed by atoms with Crippen LogP contribution in [0.15, 0.2) is 60.9 Å². The fourth-order valence-electron chi connectivity index (χ4n) is 2.96. The van der Waals surface area contributed by atoms with Crippen molar-refractivity contribution >= 4 is 11.6 Å². The van der Waals surface area contributed by atoms with Crippen molar-refractivity contribution < 1.29 is 9.47 Å². The molecule has 0 bridgehead atoms. The molecule has 1 aromatic heterocycles. The van der Waals surface area contributed by atoms with Crippen LogP contribution in [0.3, 0.4) is 0 Å². The molecule has 1 N–H and O–H groups in total. The van der Waals surface area contributed by atoms with Crippen molar-refractivity contribution in [3.8, 4) is 11.5 Å². The Labute approximate surface area is 166 Å². The van der Waals surface area contributed by atoms with E-state index in [1.54, 1.807) is 20.5 Å². The maximum atomic E-state index is 5.36. The summed E-state index contributed by atoms with van der Waals surface area (Å²) in [4.78, 5) is 10.8. The predicted octanol–water partition coefficient (Wildman–Crippen LogP) is 3.78. The Morgan fingerprint density at radius 1 is 0.893 bits per heavy atom. The number of aromatic nitrogens is 2. The summed E-state index contributed by atoms with van der Waals surface area (Å²) in [6, 6.07) is 18.3. The Kier molecular flexibility index (Phi) is 6.68. The number of rotatable bonds is 9. The highest BCUT2D eigenvalue weighted by atomic mass is 16.5. The molecule has 0 unspecified atom stereocenters. The van der Waals surface area contributed by atoms with Gasteiger partial charge in [-0.1, -0.05) is 36.4 Å². The molecule has 3 aromatic rings. The summed E-state index contributed by atoms with van der Waals surface area (Å²) < 4.78 is 10.6. The fraction of sp³-hybridized carbons (Fsp3) is 0.273. The van der Waals surface area contributed by atoms with E-state index in [0.29, 0.717) is 0 Å². The molecule has 0 fully saturated rings. The number of anilines is 2. The number of hydrogen-bond acceptors (Lipinski definition) is 6. The van der Waals surface area contributed by atoms with Crippen LogP contribution in [0.25, 0.3) is 0 Å². The van der Waals surface area contributed by atoms with Gasteiger partial charge < -0.3 is 19.7 Å². The van der Waals surface area contributed by atoms with Gasteiger partial charge in [0.1, 0.15) is 18.0 Å². The van der Waals surface area contributed by atoms with Crippen LogP contribution in [0.5, 0.6) is 11.5 Å². The van der Waals surface area contributed by atoms with Crippen LogP contribution in [0, 0.1) is 0 Å². The Hall–Kier alpha value is -3.28. The van der Waals surface area contributed by atoms with Crippen molar-refractivity contribution in [2.45, 2.75) is 13.0 Å². The zero-order valence-electron chi connectivity index (χ0n) is 16.6. The van der Waals surface area contributed by atoms with Crippen LogP contribution >= 0.6 is 0 Å². The van der Waals surface area contributed by atoms with Gasteiger partial charge in [-0.2, -0.15) is 0 Å². The molecule has 0 aliphatic carbocycles. The Morgan fingerprint density at radius 2 is 1.68 bits per heavy atom. The summed E-state index contributed by atoms with van der Waals surface area (Å²) in [5, 5.41) is 3.37. The quantitative estimate of drug-likeness (QED) is 0.611. The second kappa shape index (κ2) is 9.60. The first-order chi connectivity index (χ1) is 13.7. The van der Waals surface area contributed by atoms with Crippen molar-refractivity contribution in [1.29, 1.82) is 0 Å². The molecule has 28 heavy (non-hydrogen) atoms. The van der Waals surface area contributed by atoms with Crippen molar-refractivity contribution in [1.82, 2.24) is 9.97 Å². The zero-order chi connectivity index (χ0) is 19.8. The maximum Gasteiger partial charge on any atom is 0.160 e. The van der Waals surface area contributed by atoms with Crippen molar-refractivity contribution in [2.75, 3.05) is 38.0 Å². The molecule has 0 saturated carbocycles. The summed E-state index contributed by atoms with van der Waals surface area (Å²) >= 11 is 0. The van der Waals surface area contributed by atoms with E-state index >= 15 is 0 Å². The van der Waals surface area contributed by atoms with E-state index in [1.165, 1.54) is 11.1 Å². The second-order valence-electron chi connectivity index (χ2n) is 6.47. The molecule has 1 heterocycles. The summed E-state index contributed by atoms with van der Waals surface area (Å²) in [5.41, 5.74) is 2.41. The zero-order valence-corrected chi connectivity index (χ0v) is 16.6. The van der Waals surface area contributed by atoms with Gasteiger partial charge in [0.05, 0.1) is 14.2 Å². The van der Waals surface area contributed by atoms with Crippen LogP contribution in [-0.4, -0.2) is 37.8 Å². The molecule has 3 rings (SSSR count). The molecule has 0 spiro atoms. The first kappa shape index (κ1) is 19.5. The van der Waals surface area contributed by atoms with Gasteiger partial charge in [-0.05, 0) is 29.7 Å². The number of methoxy groups -OCH3 is 2. The van der Waals surface area contributed by atoms with Crippen LogP contribution in [0.1, 0.15) is 11.1 Å². The largest absolute Gasteiger partial charge is 0.493 e. The number of nitrogens with zero attached hydrogens (tertiary/aromatic N) is 3. The van der Waals surface area contributed by atoms with E-state index in [1.807, 2.05) is 49.5 Å². The van der Waals surface area contributed by atoms with Gasteiger partial charge in [-0.15, -0.1) is 0 Å². The molecule has 6 heteroatoms. The standard InChI is InChI=1S/C22H26N4O2/c1-26(15-18-7-5-4-6-8-18)22-14-21(24-16-25-22)23-12-11-17-9-10-19(27-2)20(13-17)28-3/h4-10,13-14,16H,11-12,15H2,1-3H3,(H,23,24,25). The van der Waals surface area contributed by atoms with E-state index < -0.39 is 0 Å². The minimum Gasteiger partial charge on any atom is -0.493 e. The average molecular weight is 378 g/mol. The number of ether oxygens (including phenoxy) is 2. The topological polar surface area (TPSA) is 59.5 Å². The lowest BCUT2D eigenvalue weighted by molar-refractivity contribution is 0.354. The van der Waals surface area contributed by atoms with Gasteiger partial charge in [0.15, 0.2) is 11.5 Å². The van der Waals surface area contributed by atoms with Gasteiger partial charge in [-0.3, -0.25) is 0 Å². The van der Waals surface area contributed by atoms with Gasteiger partial charge in [-0.25, -0.2) is 9.97 Å². The molecule has 0 aliphatic rings. The number of nitrogens with one attached hydrogen (secondary N) is 1. The first-order valence-corrected chi connectivity index (χ1v) is 9.21. The van der Waals surface area contributed by atoms with Crippen LogP contribution in [0.2, 0.25) is 0 Å². The SMILES string of the molecule is COc1ccc(CCNc2cc(N(C)Cc3ccccc3)ncn2)cc1OC. The smallest absolute Gasteiger partial charge is 0.160 e. The summed E-state index contributed by atoms with van der Waals surface area (Å²) in [6.07, 6.45) is 2.44. The monoisotopic (exact) mass is 378 g/mol. The van der Waals surface area contributed by atoms with E-state index in [-0.39, 0.29) is 0 Å². The number of hydrogen-bond donors (Lipinski definition) is 1. The summed E-state index contributed by atoms with van der Waals surface area (Å²) in [7, 11) is 5.32. The van der Waals surface area contributed by atoms with E-state index in [2.05, 4.69) is 32.3 Å². The maximum absolute atomic E-state index is 5.36. The molecule has 0 amide bonds. The lowest BCUT2D eigenvalue weighted by Gasteiger charge is -2.18. The second-order valence-corrected chi connectivity index (χ2v) is 6.47. The lowest BCUT2D eigenvalue weighted by atomic mass is 10.1. The minimum absolute atomic E-state index is 0.737. The lowest BCUT2D eigenvalue weighted by Crippen LogP contribution is -2.18. The van der Waals surface area contributed by atoms with Crippen molar-refractivity contribution in [2.24, 2.45) is 0 Å². The van der Waals surface area contributed by atoms with Gasteiger partial charge >= 0.3 is 0 Å². The van der Waals surface area contributed by atoms with Gasteiger partial charge in [0.25, 0.3) is 0 Å². The Bertz CT molecular complexity index is 887. The van der Waals surface area contributed by atoms with Gasteiger partial charge in [0.2, 0.25) is 0 Å². The molecular formula is C22H26N4O2. The van der Waals surface area contributed by atoms with Crippen LogP contribution < -0.4 is 19.7 Å². The van der Waals surface area contributed by atoms with Gasteiger partial charge in [0, 0.05) is 26.2 Å². The Balaban J connectivity index is 1.57. The highest BCUT2D eigenvalue weighted by molar-refractivity contribution is 5.48. The third-order valence-electron chi connectivity index (χ3n) is 4.47. The first-order valence-electron chi connectivity index (χ1n) is 9.21. The Morgan fingerprint density at radius 3 is 2.43 bits per heavy atom. The fourth-order valence-corrected chi connectivity index (χ4v) is 2.96. The summed E-state index contributed by atoms with van der Waals surface area (Å²) in [5.74, 6) is 3.17. The predicted molar refractivity (Wildman–Crippen MR) is 112 cm³/mol. The third kappa shape index (κ3) is 5.13. The molecule has 6 nitrogen and oxygen atoms in total. The van der Waals surface area contributed by atoms with E-state index in [9.17, 15) is 0 Å². The van der Waals surface area contributed by atoms with Crippen molar-refractivity contribution in [3.63, 3.8) is 0 Å². The van der Waals surface area contributed by atoms with E-state index in [4.69, 9.17) is 9.47 Å². The minimum atomic E-state index is 0.737. The highest BCUT2D eigenvalue weighted by Gasteiger charge is 2.07. The summed E-state index contributed by atoms with van der Waals surface area (Å²) in [6.45, 7) is 1.55. The van der Waals surface area contributed by atoms with E-state index in [0.717, 1.165) is 42.6 Å². The normalized spacial score (nSPS) is 10.4. The van der Waals surface area contributed by atoms with Crippen LogP contribution in [-0.2, 0) is 13.0 Å². The van der Waals surface area contributed by atoms with Crippen LogP contribution in [0.4, 0.5) is 11.6 Å². The molecular weight excluding hydrogens is 352 g/mol. The van der Waals surface area contributed by atoms with Crippen molar-refractivity contribution in [3.05, 3.63) is 72.1 Å². The molecule has 0 atom stereocenters. The average Bonchev–Trinajstić information content (AvgIpc) is 2.74. The third-order valence-corrected chi connectivity index (χ3v) is 4.47. The molecule has 2 aromatic carbocycles. The highest BCUT2D eigenvalue weighted by Crippen LogP contribution is 2.27. The molecule has 0 aliphatic heterocycles. The number of benzene rings is 2. The molecule has 0 saturated heterocycles.